The first-order valence-electron chi connectivity index (χ1n) is 10.2. The largest absolute Gasteiger partial charge is 0.339 e. The minimum Gasteiger partial charge on any atom is -0.339 e. The highest BCUT2D eigenvalue weighted by molar-refractivity contribution is 5.77. The number of amides is 1. The van der Waals surface area contributed by atoms with Crippen LogP contribution in [-0.4, -0.2) is 54.5 Å². The van der Waals surface area contributed by atoms with Crippen molar-refractivity contribution in [3.8, 4) is 0 Å². The molecule has 0 aliphatic carbocycles. The predicted molar refractivity (Wildman–Crippen MR) is 100 cm³/mol. The number of nitrogens with one attached hydrogen (secondary N) is 1. The topological polar surface area (TPSA) is 35.6 Å². The van der Waals surface area contributed by atoms with Crippen molar-refractivity contribution in [1.29, 1.82) is 0 Å². The van der Waals surface area contributed by atoms with Crippen LogP contribution in [0.2, 0.25) is 0 Å². The summed E-state index contributed by atoms with van der Waals surface area (Å²) in [6.45, 7) is 6.09. The fourth-order valence-electron chi connectivity index (χ4n) is 5.00. The molecule has 0 saturated carbocycles. The molecular weight excluding hydrogens is 329 g/mol. The maximum Gasteiger partial charge on any atom is 0.222 e. The van der Waals surface area contributed by atoms with Gasteiger partial charge in [-0.15, -0.1) is 0 Å². The molecule has 0 aromatic heterocycles. The van der Waals surface area contributed by atoms with Gasteiger partial charge in [-0.2, -0.15) is 0 Å². The van der Waals surface area contributed by atoms with Gasteiger partial charge in [0.05, 0.1) is 0 Å². The van der Waals surface area contributed by atoms with E-state index >= 15 is 0 Å². The van der Waals surface area contributed by atoms with Gasteiger partial charge in [0.15, 0.2) is 0 Å². The van der Waals surface area contributed by atoms with E-state index < -0.39 is 0 Å². The zero-order valence-electron chi connectivity index (χ0n) is 15.5. The summed E-state index contributed by atoms with van der Waals surface area (Å²) in [5, 5.41) is 3.42. The minimum atomic E-state index is -0.174. The van der Waals surface area contributed by atoms with Crippen LogP contribution in [0.4, 0.5) is 4.39 Å². The lowest BCUT2D eigenvalue weighted by Gasteiger charge is -2.48. The average Bonchev–Trinajstić information content (AvgIpc) is 2.67. The molecule has 26 heavy (non-hydrogen) atoms. The Balaban J connectivity index is 1.36. The van der Waals surface area contributed by atoms with Gasteiger partial charge >= 0.3 is 0 Å². The quantitative estimate of drug-likeness (QED) is 0.898. The fraction of sp³-hybridized carbons (Fsp3) is 0.667. The SMILES string of the molecule is O=C1CC[C@H]2CN(Cc3ccc(F)cc3)CC[C@H]2N1CC1CCNCC1. The molecule has 1 amide bonds. The number of benzene rings is 1. The summed E-state index contributed by atoms with van der Waals surface area (Å²) in [5.74, 6) is 1.45. The first-order valence-corrected chi connectivity index (χ1v) is 10.2. The summed E-state index contributed by atoms with van der Waals surface area (Å²) < 4.78 is 13.1. The Hall–Kier alpha value is -1.46. The highest BCUT2D eigenvalue weighted by atomic mass is 19.1. The van der Waals surface area contributed by atoms with E-state index in [-0.39, 0.29) is 5.82 Å². The summed E-state index contributed by atoms with van der Waals surface area (Å²) in [5.41, 5.74) is 1.17. The number of fused-ring (bicyclic) bond motifs is 1. The van der Waals surface area contributed by atoms with Gasteiger partial charge in [-0.25, -0.2) is 4.39 Å². The first kappa shape index (κ1) is 17.9. The second-order valence-corrected chi connectivity index (χ2v) is 8.26. The maximum atomic E-state index is 13.1. The Morgan fingerprint density at radius 3 is 2.62 bits per heavy atom. The van der Waals surface area contributed by atoms with Crippen LogP contribution in [0.1, 0.15) is 37.7 Å². The summed E-state index contributed by atoms with van der Waals surface area (Å²) >= 11 is 0. The Morgan fingerprint density at radius 1 is 1.08 bits per heavy atom. The van der Waals surface area contributed by atoms with Crippen molar-refractivity contribution in [3.63, 3.8) is 0 Å². The molecule has 3 heterocycles. The minimum absolute atomic E-state index is 0.174. The molecule has 3 saturated heterocycles. The number of hydrogen-bond acceptors (Lipinski definition) is 3. The van der Waals surface area contributed by atoms with Crippen LogP contribution < -0.4 is 5.32 Å². The van der Waals surface area contributed by atoms with Crippen molar-refractivity contribution in [2.45, 2.75) is 44.7 Å². The zero-order chi connectivity index (χ0) is 17.9. The Labute approximate surface area is 155 Å². The lowest BCUT2D eigenvalue weighted by atomic mass is 9.82. The molecule has 142 valence electrons. The van der Waals surface area contributed by atoms with Crippen LogP contribution in [0.15, 0.2) is 24.3 Å². The van der Waals surface area contributed by atoms with E-state index in [0.717, 1.165) is 52.1 Å². The van der Waals surface area contributed by atoms with Gasteiger partial charge in [0.25, 0.3) is 0 Å². The smallest absolute Gasteiger partial charge is 0.222 e. The summed E-state index contributed by atoms with van der Waals surface area (Å²) in [6.07, 6.45) is 5.18. The molecule has 0 spiro atoms. The lowest BCUT2D eigenvalue weighted by molar-refractivity contribution is -0.142. The van der Waals surface area contributed by atoms with Gasteiger partial charge in [-0.05, 0) is 68.3 Å². The molecule has 1 N–H and O–H groups in total. The molecule has 3 aliphatic rings. The Kier molecular flexibility index (Phi) is 5.55. The number of nitrogens with zero attached hydrogens (tertiary/aromatic N) is 2. The Morgan fingerprint density at radius 2 is 1.85 bits per heavy atom. The molecule has 3 fully saturated rings. The monoisotopic (exact) mass is 359 g/mol. The van der Waals surface area contributed by atoms with Gasteiger partial charge < -0.3 is 10.2 Å². The van der Waals surface area contributed by atoms with Crippen LogP contribution in [0.5, 0.6) is 0 Å². The number of rotatable bonds is 4. The van der Waals surface area contributed by atoms with Crippen LogP contribution in [-0.2, 0) is 11.3 Å². The molecule has 4 nitrogen and oxygen atoms in total. The third-order valence-electron chi connectivity index (χ3n) is 6.46. The normalized spacial score (nSPS) is 28.2. The van der Waals surface area contributed by atoms with E-state index in [2.05, 4.69) is 15.1 Å². The van der Waals surface area contributed by atoms with Crippen molar-refractivity contribution < 1.29 is 9.18 Å². The Bertz CT molecular complexity index is 614. The second-order valence-electron chi connectivity index (χ2n) is 8.26. The van der Waals surface area contributed by atoms with Crippen molar-refractivity contribution >= 4 is 5.91 Å². The molecule has 0 bridgehead atoms. The summed E-state index contributed by atoms with van der Waals surface area (Å²) in [7, 11) is 0. The van der Waals surface area contributed by atoms with Crippen LogP contribution in [0, 0.1) is 17.7 Å². The van der Waals surface area contributed by atoms with E-state index in [0.29, 0.717) is 30.2 Å². The van der Waals surface area contributed by atoms with Crippen LogP contribution >= 0.6 is 0 Å². The number of halogens is 1. The second kappa shape index (κ2) is 8.05. The molecule has 4 rings (SSSR count). The molecule has 5 heteroatoms. The van der Waals surface area contributed by atoms with Crippen molar-refractivity contribution in [2.75, 3.05) is 32.7 Å². The molecule has 2 atom stereocenters. The number of carbonyl (C=O) groups is 1. The van der Waals surface area contributed by atoms with Gasteiger partial charge in [0, 0.05) is 38.6 Å². The third-order valence-corrected chi connectivity index (χ3v) is 6.46. The van der Waals surface area contributed by atoms with E-state index in [9.17, 15) is 9.18 Å². The number of piperidine rings is 3. The van der Waals surface area contributed by atoms with Gasteiger partial charge in [-0.3, -0.25) is 9.69 Å². The van der Waals surface area contributed by atoms with E-state index in [1.54, 1.807) is 12.1 Å². The average molecular weight is 359 g/mol. The fourth-order valence-corrected chi connectivity index (χ4v) is 5.00. The summed E-state index contributed by atoms with van der Waals surface area (Å²) in [4.78, 5) is 17.3. The number of likely N-dealkylation sites (tertiary alicyclic amines) is 2. The van der Waals surface area contributed by atoms with Gasteiger partial charge in [-0.1, -0.05) is 12.1 Å². The standard InChI is InChI=1S/C21H30FN3O/c22-19-4-1-16(2-5-19)13-24-12-9-20-18(15-24)3-6-21(26)25(20)14-17-7-10-23-11-8-17/h1-2,4-5,17-18,20,23H,3,6-15H2/t18-,20+/m0/s1. The molecular formula is C21H30FN3O. The van der Waals surface area contributed by atoms with E-state index in [4.69, 9.17) is 0 Å². The van der Waals surface area contributed by atoms with Crippen molar-refractivity contribution in [1.82, 2.24) is 15.1 Å². The van der Waals surface area contributed by atoms with Crippen molar-refractivity contribution in [3.05, 3.63) is 35.6 Å². The summed E-state index contributed by atoms with van der Waals surface area (Å²) in [6, 6.07) is 7.28. The molecule has 0 unspecified atom stereocenters. The third kappa shape index (κ3) is 4.09. The number of carbonyl (C=O) groups excluding carboxylic acids is 1. The van der Waals surface area contributed by atoms with Gasteiger partial charge in [0.2, 0.25) is 5.91 Å². The maximum absolute atomic E-state index is 13.1. The highest BCUT2D eigenvalue weighted by Gasteiger charge is 2.39. The molecule has 1 aromatic rings. The van der Waals surface area contributed by atoms with E-state index in [1.807, 2.05) is 12.1 Å². The molecule has 1 aromatic carbocycles. The first-order chi connectivity index (χ1) is 12.7. The van der Waals surface area contributed by atoms with Gasteiger partial charge in [0.1, 0.15) is 5.82 Å². The zero-order valence-corrected chi connectivity index (χ0v) is 15.5. The lowest BCUT2D eigenvalue weighted by Crippen LogP contribution is -2.57. The van der Waals surface area contributed by atoms with E-state index in [1.165, 1.54) is 18.4 Å². The molecule has 3 aliphatic heterocycles. The predicted octanol–water partition coefficient (Wildman–Crippen LogP) is 2.64. The molecule has 0 radical (unpaired) electrons. The van der Waals surface area contributed by atoms with Crippen LogP contribution in [0.3, 0.4) is 0 Å². The number of hydrogen-bond donors (Lipinski definition) is 1. The highest BCUT2D eigenvalue weighted by Crippen LogP contribution is 2.33. The van der Waals surface area contributed by atoms with Crippen molar-refractivity contribution in [2.24, 2.45) is 11.8 Å². The van der Waals surface area contributed by atoms with Crippen LogP contribution in [0.25, 0.3) is 0 Å².